The van der Waals surface area contributed by atoms with Crippen molar-refractivity contribution < 1.29 is 14.6 Å². The summed E-state index contributed by atoms with van der Waals surface area (Å²) in [4.78, 5) is 13.0. The maximum absolute atomic E-state index is 11.0. The first kappa shape index (κ1) is 13.4. The van der Waals surface area contributed by atoms with E-state index in [0.29, 0.717) is 6.54 Å². The average molecular weight is 203 g/mol. The van der Waals surface area contributed by atoms with Crippen molar-refractivity contribution in [3.63, 3.8) is 0 Å². The Bertz CT molecular complexity index is 161. The van der Waals surface area contributed by atoms with Gasteiger partial charge in [0.25, 0.3) is 0 Å². The Hall–Kier alpha value is -0.610. The molecule has 84 valence electrons. The number of carbonyl (C=O) groups excluding carboxylic acids is 1. The van der Waals surface area contributed by atoms with E-state index >= 15 is 0 Å². The monoisotopic (exact) mass is 203 g/mol. The SMILES string of the molecule is CCCN(CC(=O)OC)CC(C)CO. The summed E-state index contributed by atoms with van der Waals surface area (Å²) < 4.78 is 4.60. The minimum Gasteiger partial charge on any atom is -0.468 e. The maximum Gasteiger partial charge on any atom is 0.319 e. The molecular weight excluding hydrogens is 182 g/mol. The summed E-state index contributed by atoms with van der Waals surface area (Å²) in [6.07, 6.45) is 0.995. The Kier molecular flexibility index (Phi) is 7.42. The molecule has 1 N–H and O–H groups in total. The molecule has 0 aromatic rings. The van der Waals surface area contributed by atoms with Gasteiger partial charge in [-0.25, -0.2) is 0 Å². The van der Waals surface area contributed by atoms with Gasteiger partial charge in [0.2, 0.25) is 0 Å². The number of esters is 1. The molecule has 1 atom stereocenters. The van der Waals surface area contributed by atoms with Crippen LogP contribution in [-0.2, 0) is 9.53 Å². The summed E-state index contributed by atoms with van der Waals surface area (Å²) in [7, 11) is 1.39. The molecule has 0 spiro atoms. The van der Waals surface area contributed by atoms with Crippen LogP contribution < -0.4 is 0 Å². The van der Waals surface area contributed by atoms with Crippen LogP contribution in [0, 0.1) is 5.92 Å². The third-order valence-electron chi connectivity index (χ3n) is 2.00. The largest absolute Gasteiger partial charge is 0.468 e. The fourth-order valence-corrected chi connectivity index (χ4v) is 1.30. The molecule has 4 heteroatoms. The molecule has 0 aliphatic heterocycles. The molecule has 0 aromatic carbocycles. The topological polar surface area (TPSA) is 49.8 Å². The number of nitrogens with zero attached hydrogens (tertiary/aromatic N) is 1. The van der Waals surface area contributed by atoms with Gasteiger partial charge in [-0.3, -0.25) is 9.69 Å². The van der Waals surface area contributed by atoms with Gasteiger partial charge in [0.15, 0.2) is 0 Å². The van der Waals surface area contributed by atoms with Crippen LogP contribution in [0.15, 0.2) is 0 Å². The number of carbonyl (C=O) groups is 1. The second-order valence-electron chi connectivity index (χ2n) is 3.60. The second kappa shape index (κ2) is 7.76. The summed E-state index contributed by atoms with van der Waals surface area (Å²) in [6.45, 7) is 6.09. The van der Waals surface area contributed by atoms with Crippen molar-refractivity contribution in [2.75, 3.05) is 33.4 Å². The fraction of sp³-hybridized carbons (Fsp3) is 0.900. The van der Waals surface area contributed by atoms with E-state index in [1.54, 1.807) is 0 Å². The first-order valence-electron chi connectivity index (χ1n) is 5.04. The van der Waals surface area contributed by atoms with Gasteiger partial charge in [-0.05, 0) is 18.9 Å². The van der Waals surface area contributed by atoms with Crippen molar-refractivity contribution in [3.05, 3.63) is 0 Å². The minimum atomic E-state index is -0.219. The lowest BCUT2D eigenvalue weighted by molar-refractivity contribution is -0.142. The molecule has 0 saturated carbocycles. The van der Waals surface area contributed by atoms with Crippen molar-refractivity contribution in [1.29, 1.82) is 0 Å². The molecule has 0 aliphatic carbocycles. The Morgan fingerprint density at radius 2 is 2.21 bits per heavy atom. The summed E-state index contributed by atoms with van der Waals surface area (Å²) >= 11 is 0. The van der Waals surface area contributed by atoms with E-state index in [9.17, 15) is 4.79 Å². The zero-order valence-corrected chi connectivity index (χ0v) is 9.32. The quantitative estimate of drug-likeness (QED) is 0.612. The lowest BCUT2D eigenvalue weighted by Crippen LogP contribution is -2.35. The molecule has 0 amide bonds. The van der Waals surface area contributed by atoms with E-state index in [1.165, 1.54) is 7.11 Å². The molecule has 0 aromatic heterocycles. The van der Waals surface area contributed by atoms with Gasteiger partial charge in [-0.2, -0.15) is 0 Å². The highest BCUT2D eigenvalue weighted by atomic mass is 16.5. The van der Waals surface area contributed by atoms with E-state index in [2.05, 4.69) is 11.7 Å². The van der Waals surface area contributed by atoms with Crippen molar-refractivity contribution in [1.82, 2.24) is 4.90 Å². The summed E-state index contributed by atoms with van der Waals surface area (Å²) in [5.41, 5.74) is 0. The van der Waals surface area contributed by atoms with Crippen LogP contribution in [-0.4, -0.2) is 49.3 Å². The summed E-state index contributed by atoms with van der Waals surface area (Å²) in [6, 6.07) is 0. The van der Waals surface area contributed by atoms with Crippen LogP contribution in [0.2, 0.25) is 0 Å². The maximum atomic E-state index is 11.0. The predicted molar refractivity (Wildman–Crippen MR) is 55.0 cm³/mol. The van der Waals surface area contributed by atoms with E-state index in [0.717, 1.165) is 19.5 Å². The summed E-state index contributed by atoms with van der Waals surface area (Å²) in [5.74, 6) is -0.0187. The van der Waals surface area contributed by atoms with Crippen molar-refractivity contribution in [2.24, 2.45) is 5.92 Å². The number of hydrogen-bond acceptors (Lipinski definition) is 4. The molecule has 1 unspecified atom stereocenters. The molecule has 0 saturated heterocycles. The molecule has 4 nitrogen and oxygen atoms in total. The van der Waals surface area contributed by atoms with E-state index in [-0.39, 0.29) is 18.5 Å². The minimum absolute atomic E-state index is 0.154. The number of methoxy groups -OCH3 is 1. The van der Waals surface area contributed by atoms with Crippen LogP contribution >= 0.6 is 0 Å². The third-order valence-corrected chi connectivity index (χ3v) is 2.00. The molecule has 0 fully saturated rings. The van der Waals surface area contributed by atoms with Crippen LogP contribution in [0.5, 0.6) is 0 Å². The highest BCUT2D eigenvalue weighted by Crippen LogP contribution is 2.00. The van der Waals surface area contributed by atoms with E-state index < -0.39 is 0 Å². The highest BCUT2D eigenvalue weighted by Gasteiger charge is 2.12. The lowest BCUT2D eigenvalue weighted by atomic mass is 10.2. The van der Waals surface area contributed by atoms with Crippen LogP contribution in [0.4, 0.5) is 0 Å². The number of rotatable bonds is 7. The molecule has 14 heavy (non-hydrogen) atoms. The van der Waals surface area contributed by atoms with Crippen molar-refractivity contribution in [2.45, 2.75) is 20.3 Å². The number of aliphatic hydroxyl groups is 1. The zero-order valence-electron chi connectivity index (χ0n) is 9.32. The normalized spacial score (nSPS) is 12.9. The number of ether oxygens (including phenoxy) is 1. The smallest absolute Gasteiger partial charge is 0.319 e. The van der Waals surface area contributed by atoms with Gasteiger partial charge >= 0.3 is 5.97 Å². The molecule has 0 rings (SSSR count). The lowest BCUT2D eigenvalue weighted by Gasteiger charge is -2.22. The molecule has 0 radical (unpaired) electrons. The van der Waals surface area contributed by atoms with Crippen LogP contribution in [0.25, 0.3) is 0 Å². The molecule has 0 aliphatic rings. The first-order valence-corrected chi connectivity index (χ1v) is 5.04. The Morgan fingerprint density at radius 3 is 2.64 bits per heavy atom. The van der Waals surface area contributed by atoms with Crippen LogP contribution in [0.3, 0.4) is 0 Å². The predicted octanol–water partition coefficient (Wildman–Crippen LogP) is 0.500. The fourth-order valence-electron chi connectivity index (χ4n) is 1.30. The zero-order chi connectivity index (χ0) is 11.0. The third kappa shape index (κ3) is 5.94. The van der Waals surface area contributed by atoms with Crippen molar-refractivity contribution in [3.8, 4) is 0 Å². The Morgan fingerprint density at radius 1 is 1.57 bits per heavy atom. The molecule has 0 bridgehead atoms. The number of aliphatic hydroxyl groups excluding tert-OH is 1. The Labute approximate surface area is 85.9 Å². The average Bonchev–Trinajstić information content (AvgIpc) is 2.17. The van der Waals surface area contributed by atoms with Gasteiger partial charge in [-0.15, -0.1) is 0 Å². The van der Waals surface area contributed by atoms with Crippen molar-refractivity contribution >= 4 is 5.97 Å². The van der Waals surface area contributed by atoms with Gasteiger partial charge in [0, 0.05) is 13.2 Å². The Balaban J connectivity index is 3.94. The second-order valence-corrected chi connectivity index (χ2v) is 3.60. The van der Waals surface area contributed by atoms with Crippen LogP contribution in [0.1, 0.15) is 20.3 Å². The van der Waals surface area contributed by atoms with Gasteiger partial charge in [0.05, 0.1) is 13.7 Å². The summed E-state index contributed by atoms with van der Waals surface area (Å²) in [5, 5.41) is 8.90. The van der Waals surface area contributed by atoms with E-state index in [4.69, 9.17) is 5.11 Å². The standard InChI is InChI=1S/C10H21NO3/c1-4-5-11(6-9(2)8-12)7-10(13)14-3/h9,12H,4-8H2,1-3H3. The van der Waals surface area contributed by atoms with Gasteiger partial charge in [-0.1, -0.05) is 13.8 Å². The van der Waals surface area contributed by atoms with Gasteiger partial charge < -0.3 is 9.84 Å². The first-order chi connectivity index (χ1) is 6.63. The van der Waals surface area contributed by atoms with E-state index in [1.807, 2.05) is 11.8 Å². The molecular formula is C10H21NO3. The molecule has 0 heterocycles. The number of hydrogen-bond donors (Lipinski definition) is 1. The van der Waals surface area contributed by atoms with Gasteiger partial charge in [0.1, 0.15) is 0 Å². The highest BCUT2D eigenvalue weighted by molar-refractivity contribution is 5.71.